The summed E-state index contributed by atoms with van der Waals surface area (Å²) in [4.78, 5) is 26.2. The van der Waals surface area contributed by atoms with E-state index in [0.29, 0.717) is 32.3 Å². The molecule has 0 amide bonds. The standard InChI is InChI=1S/C28H49NO5/c1-4-7-8-9-12-15-23(30)18-19-25-24(26(31)22-27(25)32)16-13-10-11-14-17-28(33)34-21-20-29(5-2)6-3/h10,13,18-19,24-27,31-32H,4-9,11-12,14-17,20-22H2,1-3H3/t24-,25-,26?,27?/m1/s1. The lowest BCUT2D eigenvalue weighted by Crippen LogP contribution is -2.27. The Morgan fingerprint density at radius 3 is 2.38 bits per heavy atom. The van der Waals surface area contributed by atoms with Crippen LogP contribution >= 0.6 is 0 Å². The quantitative estimate of drug-likeness (QED) is 0.119. The third-order valence-corrected chi connectivity index (χ3v) is 6.84. The monoisotopic (exact) mass is 479 g/mol. The SMILES string of the molecule is CCCCCCCC(=O)C=C[C@H]1C(O)CC(O)[C@@H]1CC=CCCCC(=O)OCCN(CC)CC. The minimum absolute atomic E-state index is 0.0927. The second-order valence-corrected chi connectivity index (χ2v) is 9.45. The molecule has 0 aromatic carbocycles. The van der Waals surface area contributed by atoms with Crippen LogP contribution < -0.4 is 0 Å². The Balaban J connectivity index is 2.31. The number of carbonyl (C=O) groups is 2. The Morgan fingerprint density at radius 1 is 0.941 bits per heavy atom. The number of ketones is 1. The van der Waals surface area contributed by atoms with Crippen molar-refractivity contribution in [2.45, 2.75) is 104 Å². The van der Waals surface area contributed by atoms with Crippen LogP contribution in [0.15, 0.2) is 24.3 Å². The van der Waals surface area contributed by atoms with E-state index < -0.39 is 12.2 Å². The first-order chi connectivity index (χ1) is 16.4. The number of carbonyl (C=O) groups excluding carboxylic acids is 2. The molecule has 2 N–H and O–H groups in total. The smallest absolute Gasteiger partial charge is 0.305 e. The number of hydrogen-bond donors (Lipinski definition) is 2. The van der Waals surface area contributed by atoms with E-state index in [2.05, 4.69) is 25.7 Å². The molecule has 0 saturated heterocycles. The second kappa shape index (κ2) is 18.8. The van der Waals surface area contributed by atoms with Crippen molar-refractivity contribution >= 4 is 11.8 Å². The van der Waals surface area contributed by atoms with E-state index in [1.165, 1.54) is 19.3 Å². The molecule has 0 radical (unpaired) electrons. The van der Waals surface area contributed by atoms with E-state index in [9.17, 15) is 19.8 Å². The summed E-state index contributed by atoms with van der Waals surface area (Å²) >= 11 is 0. The minimum atomic E-state index is -0.617. The zero-order valence-corrected chi connectivity index (χ0v) is 21.8. The molecule has 0 aromatic rings. The van der Waals surface area contributed by atoms with Crippen LogP contribution in [0.2, 0.25) is 0 Å². The molecular formula is C28H49NO5. The van der Waals surface area contributed by atoms with Gasteiger partial charge < -0.3 is 19.8 Å². The summed E-state index contributed by atoms with van der Waals surface area (Å²) in [6.07, 6.45) is 15.3. The summed E-state index contributed by atoms with van der Waals surface area (Å²) in [6, 6.07) is 0. The molecule has 1 aliphatic rings. The third kappa shape index (κ3) is 12.8. The highest BCUT2D eigenvalue weighted by molar-refractivity contribution is 5.89. The molecule has 6 heteroatoms. The van der Waals surface area contributed by atoms with Crippen LogP contribution in [0.25, 0.3) is 0 Å². The fraction of sp³-hybridized carbons (Fsp3) is 0.786. The minimum Gasteiger partial charge on any atom is -0.464 e. The lowest BCUT2D eigenvalue weighted by atomic mass is 9.89. The van der Waals surface area contributed by atoms with Crippen molar-refractivity contribution < 1.29 is 24.5 Å². The van der Waals surface area contributed by atoms with Gasteiger partial charge in [0.15, 0.2) is 5.78 Å². The molecule has 0 spiro atoms. The van der Waals surface area contributed by atoms with Gasteiger partial charge in [0.25, 0.3) is 0 Å². The van der Waals surface area contributed by atoms with Crippen LogP contribution in [0, 0.1) is 11.8 Å². The van der Waals surface area contributed by atoms with Gasteiger partial charge in [0.05, 0.1) is 12.2 Å². The maximum atomic E-state index is 12.2. The van der Waals surface area contributed by atoms with Gasteiger partial charge in [0, 0.05) is 31.7 Å². The maximum Gasteiger partial charge on any atom is 0.305 e. The molecule has 1 rings (SSSR count). The van der Waals surface area contributed by atoms with E-state index in [1.807, 2.05) is 18.2 Å². The number of allylic oxidation sites excluding steroid dienone is 3. The largest absolute Gasteiger partial charge is 0.464 e. The lowest BCUT2D eigenvalue weighted by molar-refractivity contribution is -0.144. The highest BCUT2D eigenvalue weighted by atomic mass is 16.5. The molecule has 1 aliphatic carbocycles. The molecule has 0 heterocycles. The average molecular weight is 480 g/mol. The summed E-state index contributed by atoms with van der Waals surface area (Å²) in [5.74, 6) is -0.354. The molecule has 34 heavy (non-hydrogen) atoms. The molecule has 0 aliphatic heterocycles. The Kier molecular flexibility index (Phi) is 16.9. The predicted molar refractivity (Wildman–Crippen MR) is 137 cm³/mol. The molecular weight excluding hydrogens is 430 g/mol. The molecule has 0 aromatic heterocycles. The summed E-state index contributed by atoms with van der Waals surface area (Å²) < 4.78 is 5.29. The van der Waals surface area contributed by atoms with Crippen LogP contribution in [0.5, 0.6) is 0 Å². The lowest BCUT2D eigenvalue weighted by Gasteiger charge is -2.19. The van der Waals surface area contributed by atoms with Crippen LogP contribution in [0.4, 0.5) is 0 Å². The number of nitrogens with zero attached hydrogens (tertiary/aromatic N) is 1. The van der Waals surface area contributed by atoms with E-state index >= 15 is 0 Å². The first-order valence-electron chi connectivity index (χ1n) is 13.5. The Labute approximate surface area is 207 Å². The topological polar surface area (TPSA) is 87.1 Å². The zero-order chi connectivity index (χ0) is 25.2. The van der Waals surface area contributed by atoms with Crippen LogP contribution in [-0.4, -0.2) is 65.3 Å². The molecule has 1 saturated carbocycles. The van der Waals surface area contributed by atoms with Gasteiger partial charge in [-0.25, -0.2) is 0 Å². The molecule has 2 unspecified atom stereocenters. The first kappa shape index (κ1) is 30.5. The van der Waals surface area contributed by atoms with Gasteiger partial charge in [-0.15, -0.1) is 0 Å². The van der Waals surface area contributed by atoms with Gasteiger partial charge in [0.1, 0.15) is 6.61 Å². The first-order valence-corrected chi connectivity index (χ1v) is 13.5. The van der Waals surface area contributed by atoms with Gasteiger partial charge in [-0.1, -0.05) is 64.7 Å². The van der Waals surface area contributed by atoms with Crippen molar-refractivity contribution in [3.8, 4) is 0 Å². The van der Waals surface area contributed by atoms with E-state index in [1.54, 1.807) is 6.08 Å². The Hall–Kier alpha value is -1.50. The number of likely N-dealkylation sites (N-methyl/N-ethyl adjacent to an activating group) is 1. The molecule has 6 nitrogen and oxygen atoms in total. The number of ether oxygens (including phenoxy) is 1. The fourth-order valence-corrected chi connectivity index (χ4v) is 4.55. The molecule has 4 atom stereocenters. The van der Waals surface area contributed by atoms with E-state index in [-0.39, 0.29) is 23.6 Å². The molecule has 1 fully saturated rings. The number of rotatable bonds is 19. The number of hydrogen-bond acceptors (Lipinski definition) is 6. The Morgan fingerprint density at radius 2 is 1.68 bits per heavy atom. The van der Waals surface area contributed by atoms with Crippen molar-refractivity contribution in [2.24, 2.45) is 11.8 Å². The van der Waals surface area contributed by atoms with Gasteiger partial charge in [0.2, 0.25) is 0 Å². The summed E-state index contributed by atoms with van der Waals surface area (Å²) in [5.41, 5.74) is 0. The van der Waals surface area contributed by atoms with Crippen molar-refractivity contribution in [3.63, 3.8) is 0 Å². The third-order valence-electron chi connectivity index (χ3n) is 6.84. The van der Waals surface area contributed by atoms with Crippen LogP contribution in [-0.2, 0) is 14.3 Å². The maximum absolute atomic E-state index is 12.2. The molecule has 0 bridgehead atoms. The van der Waals surface area contributed by atoms with Crippen LogP contribution in [0.1, 0.15) is 91.4 Å². The van der Waals surface area contributed by atoms with Gasteiger partial charge in [-0.3, -0.25) is 9.59 Å². The van der Waals surface area contributed by atoms with Crippen LogP contribution in [0.3, 0.4) is 0 Å². The summed E-state index contributed by atoms with van der Waals surface area (Å²) in [6.45, 7) is 9.49. The van der Waals surface area contributed by atoms with E-state index in [0.717, 1.165) is 45.3 Å². The van der Waals surface area contributed by atoms with Crippen molar-refractivity contribution in [2.75, 3.05) is 26.2 Å². The van der Waals surface area contributed by atoms with Gasteiger partial charge >= 0.3 is 5.97 Å². The van der Waals surface area contributed by atoms with Crippen molar-refractivity contribution in [3.05, 3.63) is 24.3 Å². The fourth-order valence-electron chi connectivity index (χ4n) is 4.55. The van der Waals surface area contributed by atoms with E-state index in [4.69, 9.17) is 4.74 Å². The van der Waals surface area contributed by atoms with Crippen molar-refractivity contribution in [1.29, 1.82) is 0 Å². The average Bonchev–Trinajstić information content (AvgIpc) is 3.09. The highest BCUT2D eigenvalue weighted by Crippen LogP contribution is 2.36. The number of unbranched alkanes of at least 4 members (excludes halogenated alkanes) is 5. The highest BCUT2D eigenvalue weighted by Gasteiger charge is 2.39. The Bertz CT molecular complexity index is 614. The van der Waals surface area contributed by atoms with Gasteiger partial charge in [-0.2, -0.15) is 0 Å². The second-order valence-electron chi connectivity index (χ2n) is 9.45. The summed E-state index contributed by atoms with van der Waals surface area (Å²) in [5, 5.41) is 20.7. The number of aliphatic hydroxyl groups is 2. The molecule has 196 valence electrons. The van der Waals surface area contributed by atoms with Crippen molar-refractivity contribution in [1.82, 2.24) is 4.90 Å². The predicted octanol–water partition coefficient (Wildman–Crippen LogP) is 4.83. The summed E-state index contributed by atoms with van der Waals surface area (Å²) in [7, 11) is 0. The number of esters is 1. The van der Waals surface area contributed by atoms with Gasteiger partial charge in [-0.05, 0) is 50.8 Å². The normalized spacial score (nSPS) is 22.9. The zero-order valence-electron chi connectivity index (χ0n) is 21.8. The number of aliphatic hydroxyl groups excluding tert-OH is 2.